The highest BCUT2D eigenvalue weighted by atomic mass is 19.1. The number of aryl methyl sites for hydroxylation is 1. The average Bonchev–Trinajstić information content (AvgIpc) is 3.10. The minimum Gasteiger partial charge on any atom is -0.505 e. The number of carbonyl (C=O) groups is 1. The summed E-state index contributed by atoms with van der Waals surface area (Å²) >= 11 is 0. The predicted octanol–water partition coefficient (Wildman–Crippen LogP) is 3.06. The molecule has 1 amide bonds. The van der Waals surface area contributed by atoms with Gasteiger partial charge >= 0.3 is 0 Å². The Bertz CT molecular complexity index is 1390. The van der Waals surface area contributed by atoms with E-state index in [2.05, 4.69) is 5.10 Å². The van der Waals surface area contributed by atoms with E-state index in [0.29, 0.717) is 24.3 Å². The van der Waals surface area contributed by atoms with Crippen LogP contribution < -0.4 is 5.56 Å². The summed E-state index contributed by atoms with van der Waals surface area (Å²) in [6.07, 6.45) is 0. The second-order valence-electron chi connectivity index (χ2n) is 7.96. The van der Waals surface area contributed by atoms with Gasteiger partial charge in [-0.2, -0.15) is 5.10 Å². The number of fused-ring (bicyclic) bond motifs is 3. The monoisotopic (exact) mass is 432 g/mol. The molecule has 0 fully saturated rings. The Kier molecular flexibility index (Phi) is 4.77. The normalized spacial score (nSPS) is 13.6. The molecule has 1 N–H and O–H groups in total. The van der Waals surface area contributed by atoms with Crippen LogP contribution in [0.4, 0.5) is 4.39 Å². The van der Waals surface area contributed by atoms with Crippen molar-refractivity contribution in [3.63, 3.8) is 0 Å². The number of hydrogen-bond donors (Lipinski definition) is 1. The summed E-state index contributed by atoms with van der Waals surface area (Å²) in [6, 6.07) is 15.4. The zero-order chi connectivity index (χ0) is 22.4. The molecule has 32 heavy (non-hydrogen) atoms. The lowest BCUT2D eigenvalue weighted by Crippen LogP contribution is -2.39. The molecule has 0 atom stereocenters. The van der Waals surface area contributed by atoms with Gasteiger partial charge in [0.05, 0.1) is 17.8 Å². The number of nitrogens with zero attached hydrogens (tertiary/aromatic N) is 4. The van der Waals surface area contributed by atoms with Gasteiger partial charge < -0.3 is 14.6 Å². The quantitative estimate of drug-likeness (QED) is 0.538. The molecule has 0 spiro atoms. The lowest BCUT2D eigenvalue weighted by Gasteiger charge is -2.29. The number of benzene rings is 2. The Balaban J connectivity index is 1.56. The van der Waals surface area contributed by atoms with E-state index in [4.69, 9.17) is 0 Å². The van der Waals surface area contributed by atoms with Crippen molar-refractivity contribution in [2.75, 3.05) is 6.54 Å². The van der Waals surface area contributed by atoms with Gasteiger partial charge in [0.15, 0.2) is 11.4 Å². The molecule has 1 aliphatic heterocycles. The molecule has 0 unspecified atom stereocenters. The highest BCUT2D eigenvalue weighted by molar-refractivity contribution is 6.04. The maximum Gasteiger partial charge on any atom is 0.280 e. The van der Waals surface area contributed by atoms with Crippen molar-refractivity contribution in [3.05, 3.63) is 93.3 Å². The van der Waals surface area contributed by atoms with Crippen LogP contribution >= 0.6 is 0 Å². The van der Waals surface area contributed by atoms with E-state index in [1.165, 1.54) is 16.8 Å². The topological polar surface area (TPSA) is 80.4 Å². The number of halogens is 1. The Morgan fingerprint density at radius 2 is 1.66 bits per heavy atom. The van der Waals surface area contributed by atoms with Crippen molar-refractivity contribution in [1.82, 2.24) is 19.2 Å². The first-order chi connectivity index (χ1) is 15.4. The lowest BCUT2D eigenvalue weighted by atomic mass is 10.2. The van der Waals surface area contributed by atoms with Crippen LogP contribution in [0.2, 0.25) is 0 Å². The zero-order valence-corrected chi connectivity index (χ0v) is 17.5. The molecule has 162 valence electrons. The molecular formula is C24H21FN4O3. The first-order valence-electron chi connectivity index (χ1n) is 10.3. The maximum absolute atomic E-state index is 13.2. The third-order valence-corrected chi connectivity index (χ3v) is 5.84. The third-order valence-electron chi connectivity index (χ3n) is 5.84. The molecule has 7 nitrogen and oxygen atoms in total. The van der Waals surface area contributed by atoms with Gasteiger partial charge in [-0.25, -0.2) is 9.07 Å². The number of rotatable bonds is 4. The summed E-state index contributed by atoms with van der Waals surface area (Å²) < 4.78 is 16.2. The lowest BCUT2D eigenvalue weighted by molar-refractivity contribution is 0.0689. The van der Waals surface area contributed by atoms with Gasteiger partial charge in [-0.3, -0.25) is 9.59 Å². The molecule has 3 heterocycles. The van der Waals surface area contributed by atoms with Gasteiger partial charge in [-0.1, -0.05) is 42.5 Å². The Hall–Kier alpha value is -3.94. The van der Waals surface area contributed by atoms with E-state index in [9.17, 15) is 19.1 Å². The van der Waals surface area contributed by atoms with E-state index < -0.39 is 5.56 Å². The maximum atomic E-state index is 13.2. The average molecular weight is 432 g/mol. The molecular weight excluding hydrogens is 411 g/mol. The second kappa shape index (κ2) is 7.64. The molecule has 0 aliphatic carbocycles. The molecule has 5 rings (SSSR count). The van der Waals surface area contributed by atoms with E-state index in [1.807, 2.05) is 30.3 Å². The molecule has 8 heteroatoms. The van der Waals surface area contributed by atoms with Crippen LogP contribution in [0.25, 0.3) is 10.9 Å². The van der Waals surface area contributed by atoms with Crippen LogP contribution in [0, 0.1) is 12.7 Å². The molecule has 2 aromatic heterocycles. The molecule has 0 saturated heterocycles. The number of aromatic nitrogens is 3. The van der Waals surface area contributed by atoms with Crippen molar-refractivity contribution in [3.8, 4) is 5.75 Å². The van der Waals surface area contributed by atoms with Gasteiger partial charge in [0.25, 0.3) is 11.5 Å². The largest absolute Gasteiger partial charge is 0.505 e. The smallest absolute Gasteiger partial charge is 0.280 e. The molecule has 4 aromatic rings. The zero-order valence-electron chi connectivity index (χ0n) is 17.5. The van der Waals surface area contributed by atoms with Gasteiger partial charge in [0, 0.05) is 19.6 Å². The standard InChI is InChI=1S/C24H21FN4O3/c1-15-20-19(23(31)29(26-15)14-16-5-3-2-4-6-16)22(30)21-24(32)27(11-12-28(20)21)13-17-7-9-18(25)10-8-17/h2-10,30H,11-14H2,1H3. The number of hydrogen-bond acceptors (Lipinski definition) is 4. The number of aromatic hydroxyl groups is 1. The Morgan fingerprint density at radius 3 is 2.38 bits per heavy atom. The summed E-state index contributed by atoms with van der Waals surface area (Å²) in [7, 11) is 0. The van der Waals surface area contributed by atoms with E-state index in [-0.39, 0.29) is 41.6 Å². The van der Waals surface area contributed by atoms with Crippen molar-refractivity contribution in [1.29, 1.82) is 0 Å². The van der Waals surface area contributed by atoms with Gasteiger partial charge in [0.2, 0.25) is 0 Å². The fraction of sp³-hybridized carbons (Fsp3) is 0.208. The molecule has 1 aliphatic rings. The van der Waals surface area contributed by atoms with Gasteiger partial charge in [-0.15, -0.1) is 0 Å². The third kappa shape index (κ3) is 3.24. The van der Waals surface area contributed by atoms with E-state index in [0.717, 1.165) is 11.1 Å². The first-order valence-corrected chi connectivity index (χ1v) is 10.3. The summed E-state index contributed by atoms with van der Waals surface area (Å²) in [4.78, 5) is 28.0. The highest BCUT2D eigenvalue weighted by Gasteiger charge is 2.33. The van der Waals surface area contributed by atoms with E-state index >= 15 is 0 Å². The first kappa shape index (κ1) is 20.0. The fourth-order valence-corrected chi connectivity index (χ4v) is 4.32. The molecule has 0 radical (unpaired) electrons. The summed E-state index contributed by atoms with van der Waals surface area (Å²) in [5, 5.41) is 15.5. The van der Waals surface area contributed by atoms with Crippen molar-refractivity contribution in [2.45, 2.75) is 26.6 Å². The van der Waals surface area contributed by atoms with Crippen LogP contribution in [0.3, 0.4) is 0 Å². The minimum absolute atomic E-state index is 0.0906. The Labute approximate surface area is 182 Å². The predicted molar refractivity (Wildman–Crippen MR) is 117 cm³/mol. The molecule has 2 aromatic carbocycles. The van der Waals surface area contributed by atoms with Gasteiger partial charge in [-0.05, 0) is 30.2 Å². The number of carbonyl (C=O) groups excluding carboxylic acids is 1. The number of amides is 1. The van der Waals surface area contributed by atoms with Crippen LogP contribution in [0.15, 0.2) is 59.4 Å². The Morgan fingerprint density at radius 1 is 0.969 bits per heavy atom. The summed E-state index contributed by atoms with van der Waals surface area (Å²) in [5.74, 6) is -1.03. The molecule has 0 bridgehead atoms. The fourth-order valence-electron chi connectivity index (χ4n) is 4.32. The molecule has 0 saturated carbocycles. The second-order valence-corrected chi connectivity index (χ2v) is 7.96. The van der Waals surface area contributed by atoms with Crippen molar-refractivity contribution < 1.29 is 14.3 Å². The van der Waals surface area contributed by atoms with Crippen LogP contribution in [-0.2, 0) is 19.6 Å². The van der Waals surface area contributed by atoms with E-state index in [1.54, 1.807) is 28.5 Å². The van der Waals surface area contributed by atoms with Gasteiger partial charge in [0.1, 0.15) is 11.2 Å². The van der Waals surface area contributed by atoms with Crippen LogP contribution in [-0.4, -0.2) is 36.8 Å². The van der Waals surface area contributed by atoms with Crippen molar-refractivity contribution >= 4 is 16.8 Å². The summed E-state index contributed by atoms with van der Waals surface area (Å²) in [5.41, 5.74) is 2.40. The summed E-state index contributed by atoms with van der Waals surface area (Å²) in [6.45, 7) is 3.14. The van der Waals surface area contributed by atoms with Crippen LogP contribution in [0.5, 0.6) is 5.75 Å². The SMILES string of the molecule is Cc1nn(Cc2ccccc2)c(=O)c2c(O)c3n(c12)CCN(Cc1ccc(F)cc1)C3=O. The van der Waals surface area contributed by atoms with Crippen molar-refractivity contribution in [2.24, 2.45) is 0 Å². The van der Waals surface area contributed by atoms with Crippen LogP contribution in [0.1, 0.15) is 27.3 Å². The minimum atomic E-state index is -0.438. The highest BCUT2D eigenvalue weighted by Crippen LogP contribution is 2.34.